The molecular weight excluding hydrogens is 360 g/mol. The van der Waals surface area contributed by atoms with Gasteiger partial charge in [0.15, 0.2) is 0 Å². The quantitative estimate of drug-likeness (QED) is 0.415. The molecule has 1 aromatic heterocycles. The minimum atomic E-state index is -4.05. The molecule has 0 spiro atoms. The SMILES string of the molecule is O=c1cc(-c2ccc(F)cc2)c(CCCCCCCCCC(F)(F)F)n[nH]1. The Morgan fingerprint density at radius 3 is 2.11 bits per heavy atom. The summed E-state index contributed by atoms with van der Waals surface area (Å²) in [4.78, 5) is 11.6. The first-order valence-electron chi connectivity index (χ1n) is 9.26. The van der Waals surface area contributed by atoms with E-state index in [1.807, 2.05) is 0 Å². The molecule has 3 nitrogen and oxygen atoms in total. The zero-order valence-electron chi connectivity index (χ0n) is 15.1. The van der Waals surface area contributed by atoms with Crippen LogP contribution in [-0.4, -0.2) is 16.4 Å². The molecule has 0 amide bonds. The van der Waals surface area contributed by atoms with E-state index in [1.54, 1.807) is 12.1 Å². The van der Waals surface area contributed by atoms with Crippen LogP contribution in [0.1, 0.15) is 57.1 Å². The van der Waals surface area contributed by atoms with Crippen LogP contribution in [0.4, 0.5) is 17.6 Å². The highest BCUT2D eigenvalue weighted by molar-refractivity contribution is 5.65. The Bertz CT molecular complexity index is 754. The Kier molecular flexibility index (Phi) is 8.00. The molecule has 0 aliphatic rings. The standard InChI is InChI=1S/C20H24F4N2O/c21-16-11-9-15(10-12-16)17-14-19(27)26-25-18(17)8-6-4-2-1-3-5-7-13-20(22,23)24/h9-12,14H,1-8,13H2,(H,26,27). The number of alkyl halides is 3. The maximum absolute atomic E-state index is 13.1. The van der Waals surface area contributed by atoms with E-state index in [2.05, 4.69) is 10.2 Å². The largest absolute Gasteiger partial charge is 0.389 e. The lowest BCUT2D eigenvalue weighted by Crippen LogP contribution is -2.10. The molecule has 2 aromatic rings. The van der Waals surface area contributed by atoms with Crippen LogP contribution in [0.2, 0.25) is 0 Å². The molecule has 0 aliphatic heterocycles. The van der Waals surface area contributed by atoms with Gasteiger partial charge in [-0.15, -0.1) is 0 Å². The lowest BCUT2D eigenvalue weighted by atomic mass is 10.0. The molecule has 2 rings (SSSR count). The predicted octanol–water partition coefficient (Wildman–Crippen LogP) is 5.80. The molecule has 27 heavy (non-hydrogen) atoms. The van der Waals surface area contributed by atoms with Crippen molar-refractivity contribution in [3.8, 4) is 11.1 Å². The molecule has 0 atom stereocenters. The first kappa shape index (κ1) is 21.1. The van der Waals surface area contributed by atoms with Gasteiger partial charge in [-0.25, -0.2) is 9.49 Å². The molecule has 1 heterocycles. The number of nitrogens with zero attached hydrogens (tertiary/aromatic N) is 1. The minimum absolute atomic E-state index is 0.200. The Morgan fingerprint density at radius 2 is 1.48 bits per heavy atom. The van der Waals surface area contributed by atoms with Gasteiger partial charge in [0.1, 0.15) is 5.82 Å². The normalized spacial score (nSPS) is 11.7. The smallest absolute Gasteiger partial charge is 0.268 e. The minimum Gasteiger partial charge on any atom is -0.268 e. The molecule has 0 fully saturated rings. The summed E-state index contributed by atoms with van der Waals surface area (Å²) in [5.41, 5.74) is 1.89. The van der Waals surface area contributed by atoms with E-state index in [9.17, 15) is 22.4 Å². The van der Waals surface area contributed by atoms with Crippen molar-refractivity contribution in [2.24, 2.45) is 0 Å². The topological polar surface area (TPSA) is 45.8 Å². The van der Waals surface area contributed by atoms with Gasteiger partial charge in [-0.1, -0.05) is 44.2 Å². The van der Waals surface area contributed by atoms with Crippen LogP contribution in [0.3, 0.4) is 0 Å². The van der Waals surface area contributed by atoms with E-state index in [-0.39, 0.29) is 17.8 Å². The number of H-pyrrole nitrogens is 1. The first-order chi connectivity index (χ1) is 12.8. The second-order valence-electron chi connectivity index (χ2n) is 6.69. The molecule has 0 saturated carbocycles. The van der Waals surface area contributed by atoms with E-state index in [1.165, 1.54) is 18.2 Å². The van der Waals surface area contributed by atoms with Crippen molar-refractivity contribution < 1.29 is 17.6 Å². The van der Waals surface area contributed by atoms with Gasteiger partial charge in [-0.3, -0.25) is 4.79 Å². The number of unbranched alkanes of at least 4 members (excludes halogenated alkanes) is 6. The van der Waals surface area contributed by atoms with Crippen LogP contribution in [0.15, 0.2) is 35.1 Å². The first-order valence-corrected chi connectivity index (χ1v) is 9.26. The van der Waals surface area contributed by atoms with E-state index in [4.69, 9.17) is 0 Å². The summed E-state index contributed by atoms with van der Waals surface area (Å²) in [6.45, 7) is 0. The highest BCUT2D eigenvalue weighted by Gasteiger charge is 2.25. The fourth-order valence-corrected chi connectivity index (χ4v) is 3.00. The van der Waals surface area contributed by atoms with Gasteiger partial charge >= 0.3 is 6.18 Å². The molecule has 1 N–H and O–H groups in total. The van der Waals surface area contributed by atoms with Crippen LogP contribution in [0.25, 0.3) is 11.1 Å². The van der Waals surface area contributed by atoms with E-state index >= 15 is 0 Å². The maximum Gasteiger partial charge on any atom is 0.389 e. The highest BCUT2D eigenvalue weighted by atomic mass is 19.4. The van der Waals surface area contributed by atoms with Crippen molar-refractivity contribution in [3.63, 3.8) is 0 Å². The fraction of sp³-hybridized carbons (Fsp3) is 0.500. The zero-order valence-corrected chi connectivity index (χ0v) is 15.1. The number of nitrogens with one attached hydrogen (secondary N) is 1. The van der Waals surface area contributed by atoms with E-state index in [0.717, 1.165) is 43.4 Å². The number of aromatic amines is 1. The number of hydrogen-bond donors (Lipinski definition) is 1. The van der Waals surface area contributed by atoms with Gasteiger partial charge in [0.2, 0.25) is 0 Å². The van der Waals surface area contributed by atoms with E-state index in [0.29, 0.717) is 18.4 Å². The molecule has 0 unspecified atom stereocenters. The van der Waals surface area contributed by atoms with Crippen LogP contribution in [-0.2, 0) is 6.42 Å². The Labute approximate surface area is 155 Å². The van der Waals surface area contributed by atoms with Crippen molar-refractivity contribution >= 4 is 0 Å². The van der Waals surface area contributed by atoms with Crippen LogP contribution in [0, 0.1) is 5.82 Å². The maximum atomic E-state index is 13.1. The monoisotopic (exact) mass is 384 g/mol. The molecule has 0 aliphatic carbocycles. The van der Waals surface area contributed by atoms with Gasteiger partial charge in [0, 0.05) is 18.1 Å². The van der Waals surface area contributed by atoms with Gasteiger partial charge in [0.25, 0.3) is 5.56 Å². The highest BCUT2D eigenvalue weighted by Crippen LogP contribution is 2.24. The zero-order chi connectivity index (χ0) is 19.7. The Hall–Kier alpha value is -2.18. The Balaban J connectivity index is 1.75. The summed E-state index contributed by atoms with van der Waals surface area (Å²) < 4.78 is 49.2. The van der Waals surface area contributed by atoms with Crippen molar-refractivity contribution in [1.82, 2.24) is 10.2 Å². The van der Waals surface area contributed by atoms with Crippen LogP contribution < -0.4 is 5.56 Å². The molecule has 0 saturated heterocycles. The predicted molar refractivity (Wildman–Crippen MR) is 96.9 cm³/mol. The molecule has 0 bridgehead atoms. The summed E-state index contributed by atoms with van der Waals surface area (Å²) in [5, 5.41) is 6.56. The summed E-state index contributed by atoms with van der Waals surface area (Å²) in [6, 6.07) is 7.40. The molecular formula is C20H24F4N2O. The van der Waals surface area contributed by atoms with E-state index < -0.39 is 12.6 Å². The van der Waals surface area contributed by atoms with Gasteiger partial charge in [-0.05, 0) is 37.0 Å². The van der Waals surface area contributed by atoms with Crippen molar-refractivity contribution in [3.05, 3.63) is 52.2 Å². The lowest BCUT2D eigenvalue weighted by molar-refractivity contribution is -0.135. The summed E-state index contributed by atoms with van der Waals surface area (Å²) in [5.74, 6) is -0.340. The average molecular weight is 384 g/mol. The van der Waals surface area contributed by atoms with Crippen LogP contribution >= 0.6 is 0 Å². The second kappa shape index (κ2) is 10.2. The average Bonchev–Trinajstić information content (AvgIpc) is 2.61. The number of halogens is 4. The molecule has 148 valence electrons. The molecule has 1 aromatic carbocycles. The number of aromatic nitrogens is 2. The Morgan fingerprint density at radius 1 is 0.889 bits per heavy atom. The van der Waals surface area contributed by atoms with Gasteiger partial charge in [-0.2, -0.15) is 18.3 Å². The van der Waals surface area contributed by atoms with Crippen LogP contribution in [0.5, 0.6) is 0 Å². The van der Waals surface area contributed by atoms with Crippen molar-refractivity contribution in [1.29, 1.82) is 0 Å². The van der Waals surface area contributed by atoms with Crippen molar-refractivity contribution in [2.75, 3.05) is 0 Å². The number of aryl methyl sites for hydroxylation is 1. The lowest BCUT2D eigenvalue weighted by Gasteiger charge is -2.08. The summed E-state index contributed by atoms with van der Waals surface area (Å²) in [6.07, 6.45) is 1.25. The number of hydrogen-bond acceptors (Lipinski definition) is 2. The third-order valence-electron chi connectivity index (χ3n) is 4.42. The summed E-state index contributed by atoms with van der Waals surface area (Å²) in [7, 11) is 0. The van der Waals surface area contributed by atoms with Gasteiger partial charge in [0.05, 0.1) is 5.69 Å². The number of rotatable bonds is 10. The third kappa shape index (κ3) is 7.93. The second-order valence-corrected chi connectivity index (χ2v) is 6.69. The molecule has 7 heteroatoms. The summed E-state index contributed by atoms with van der Waals surface area (Å²) >= 11 is 0. The number of benzene rings is 1. The van der Waals surface area contributed by atoms with Gasteiger partial charge < -0.3 is 0 Å². The van der Waals surface area contributed by atoms with Crippen molar-refractivity contribution in [2.45, 2.75) is 64.0 Å². The third-order valence-corrected chi connectivity index (χ3v) is 4.42. The fourth-order valence-electron chi connectivity index (χ4n) is 3.00. The molecule has 0 radical (unpaired) electrons.